The number of rotatable bonds is 14. The molecule has 5 rings (SSSR count). The minimum Gasteiger partial charge on any atom is -0.493 e. The molecule has 1 saturated carbocycles. The van der Waals surface area contributed by atoms with E-state index in [0.29, 0.717) is 41.1 Å². The van der Waals surface area contributed by atoms with Crippen molar-refractivity contribution in [2.75, 3.05) is 44.0 Å². The number of nitrogens with one attached hydrogen (secondary N) is 2. The van der Waals surface area contributed by atoms with E-state index < -0.39 is 34.6 Å². The minimum atomic E-state index is -1.27. The van der Waals surface area contributed by atoms with E-state index in [-0.39, 0.29) is 17.3 Å². The number of aliphatic hydroxyl groups is 1. The van der Waals surface area contributed by atoms with Crippen LogP contribution in [-0.2, 0) is 4.79 Å². The molecule has 12 heteroatoms. The van der Waals surface area contributed by atoms with Gasteiger partial charge in [-0.15, -0.1) is 0 Å². The zero-order valence-corrected chi connectivity index (χ0v) is 26.6. The molecule has 0 radical (unpaired) electrons. The Balaban J connectivity index is 1.30. The molecule has 2 unspecified atom stereocenters. The molecule has 0 spiro atoms. The maximum absolute atomic E-state index is 15.3. The standard InChI is InChI=1S/C34H39F2N5O5/c1-6-41(7-2)14-15-45-29-18-26-24(17-28(29)44-5)30(38-20-37-26)46-27-13-12-23(16-25(27)36)40-32(43)34(19-33(34,3)4)31(42)39-22-10-8-21(35)9-11-22/h8-13,16-18,20,31,39,42H,6-7,14-15,19H2,1-5H3,(H,40,43). The average Bonchev–Trinajstić information content (AvgIpc) is 3.64. The third kappa shape index (κ3) is 6.68. The molecule has 1 aliphatic rings. The molecule has 244 valence electrons. The number of benzene rings is 3. The van der Waals surface area contributed by atoms with Crippen molar-refractivity contribution in [1.82, 2.24) is 14.9 Å². The first-order chi connectivity index (χ1) is 22.0. The number of likely N-dealkylation sites (N-methyl/N-ethyl adjacent to an activating group) is 1. The number of nitrogens with zero attached hydrogens (tertiary/aromatic N) is 3. The highest BCUT2D eigenvalue weighted by atomic mass is 19.1. The monoisotopic (exact) mass is 635 g/mol. The van der Waals surface area contributed by atoms with E-state index in [1.807, 2.05) is 13.8 Å². The third-order valence-electron chi connectivity index (χ3n) is 8.66. The SMILES string of the molecule is CCN(CC)CCOc1cc2ncnc(Oc3ccc(NC(=O)C4(C(O)Nc5ccc(F)cc5)CC4(C)C)cc3F)c2cc1OC. The number of amides is 1. The smallest absolute Gasteiger partial charge is 0.235 e. The lowest BCUT2D eigenvalue weighted by molar-refractivity contribution is -0.126. The van der Waals surface area contributed by atoms with Gasteiger partial charge in [0.05, 0.1) is 23.4 Å². The van der Waals surface area contributed by atoms with Crippen LogP contribution in [0, 0.1) is 22.5 Å². The van der Waals surface area contributed by atoms with Gasteiger partial charge in [-0.2, -0.15) is 0 Å². The quantitative estimate of drug-likeness (QED) is 0.139. The number of aromatic nitrogens is 2. The van der Waals surface area contributed by atoms with E-state index in [1.54, 1.807) is 12.1 Å². The fraction of sp³-hybridized carbons (Fsp3) is 0.382. The molecule has 0 aliphatic heterocycles. The summed E-state index contributed by atoms with van der Waals surface area (Å²) in [4.78, 5) is 24.3. The van der Waals surface area contributed by atoms with E-state index >= 15 is 4.39 Å². The molecule has 10 nitrogen and oxygen atoms in total. The number of methoxy groups -OCH3 is 1. The summed E-state index contributed by atoms with van der Waals surface area (Å²) in [7, 11) is 1.53. The number of halogens is 2. The number of hydrogen-bond donors (Lipinski definition) is 3. The summed E-state index contributed by atoms with van der Waals surface area (Å²) in [6, 6.07) is 12.9. The molecule has 46 heavy (non-hydrogen) atoms. The highest BCUT2D eigenvalue weighted by Gasteiger charge is 2.70. The Morgan fingerprint density at radius 3 is 2.33 bits per heavy atom. The van der Waals surface area contributed by atoms with Crippen LogP contribution in [0.25, 0.3) is 10.9 Å². The van der Waals surface area contributed by atoms with Gasteiger partial charge in [-0.25, -0.2) is 18.7 Å². The van der Waals surface area contributed by atoms with E-state index in [4.69, 9.17) is 14.2 Å². The molecule has 0 saturated heterocycles. The molecule has 0 bridgehead atoms. The second kappa shape index (κ2) is 13.4. The van der Waals surface area contributed by atoms with Crippen LogP contribution in [0.2, 0.25) is 0 Å². The Bertz CT molecular complexity index is 1700. The van der Waals surface area contributed by atoms with Crippen molar-refractivity contribution >= 4 is 28.2 Å². The number of carbonyl (C=O) groups excluding carboxylic acids is 1. The van der Waals surface area contributed by atoms with Gasteiger partial charge in [0.15, 0.2) is 23.1 Å². The lowest BCUT2D eigenvalue weighted by Gasteiger charge is -2.27. The predicted octanol–water partition coefficient (Wildman–Crippen LogP) is 6.21. The topological polar surface area (TPSA) is 118 Å². The van der Waals surface area contributed by atoms with Crippen molar-refractivity contribution in [2.24, 2.45) is 10.8 Å². The van der Waals surface area contributed by atoms with Crippen molar-refractivity contribution in [3.05, 3.63) is 72.6 Å². The Labute approximate surface area is 266 Å². The van der Waals surface area contributed by atoms with Crippen LogP contribution >= 0.6 is 0 Å². The molecule has 1 amide bonds. The summed E-state index contributed by atoms with van der Waals surface area (Å²) in [5, 5.41) is 17.2. The maximum Gasteiger partial charge on any atom is 0.235 e. The van der Waals surface area contributed by atoms with Crippen LogP contribution in [0.3, 0.4) is 0 Å². The third-order valence-corrected chi connectivity index (χ3v) is 8.66. The first-order valence-corrected chi connectivity index (χ1v) is 15.2. The summed E-state index contributed by atoms with van der Waals surface area (Å²) in [6.45, 7) is 11.0. The summed E-state index contributed by atoms with van der Waals surface area (Å²) in [6.07, 6.45) is 0.438. The van der Waals surface area contributed by atoms with Gasteiger partial charge in [-0.1, -0.05) is 27.7 Å². The molecule has 1 aliphatic carbocycles. The lowest BCUT2D eigenvalue weighted by Crippen LogP contribution is -2.42. The molecule has 3 aromatic carbocycles. The molecular weight excluding hydrogens is 596 g/mol. The van der Waals surface area contributed by atoms with E-state index in [9.17, 15) is 14.3 Å². The van der Waals surface area contributed by atoms with Gasteiger partial charge in [0.25, 0.3) is 0 Å². The largest absolute Gasteiger partial charge is 0.493 e. The highest BCUT2D eigenvalue weighted by Crippen LogP contribution is 2.65. The van der Waals surface area contributed by atoms with Crippen LogP contribution in [-0.4, -0.2) is 65.5 Å². The number of ether oxygens (including phenoxy) is 3. The fourth-order valence-corrected chi connectivity index (χ4v) is 5.69. The zero-order valence-electron chi connectivity index (χ0n) is 26.6. The number of aliphatic hydroxyl groups excluding tert-OH is 1. The first kappa shape index (κ1) is 32.8. The molecule has 1 aromatic heterocycles. The molecule has 1 heterocycles. The first-order valence-electron chi connectivity index (χ1n) is 15.2. The second-order valence-corrected chi connectivity index (χ2v) is 11.9. The van der Waals surface area contributed by atoms with Crippen molar-refractivity contribution in [3.8, 4) is 23.1 Å². The molecular formula is C34H39F2N5O5. The summed E-state index contributed by atoms with van der Waals surface area (Å²) in [5.41, 5.74) is -0.564. The lowest BCUT2D eigenvalue weighted by atomic mass is 9.92. The van der Waals surface area contributed by atoms with Crippen LogP contribution in [0.5, 0.6) is 23.1 Å². The second-order valence-electron chi connectivity index (χ2n) is 11.9. The van der Waals surface area contributed by atoms with Crippen LogP contribution in [0.1, 0.15) is 34.1 Å². The number of anilines is 2. The van der Waals surface area contributed by atoms with Gasteiger partial charge in [-0.3, -0.25) is 4.79 Å². The number of carbonyl (C=O) groups is 1. The van der Waals surface area contributed by atoms with Crippen molar-refractivity contribution in [3.63, 3.8) is 0 Å². The van der Waals surface area contributed by atoms with Crippen molar-refractivity contribution in [2.45, 2.75) is 40.3 Å². The van der Waals surface area contributed by atoms with Crippen LogP contribution < -0.4 is 24.8 Å². The predicted molar refractivity (Wildman–Crippen MR) is 171 cm³/mol. The van der Waals surface area contributed by atoms with Gasteiger partial charge >= 0.3 is 0 Å². The highest BCUT2D eigenvalue weighted by molar-refractivity contribution is 5.99. The van der Waals surface area contributed by atoms with Gasteiger partial charge in [0.2, 0.25) is 11.8 Å². The maximum atomic E-state index is 15.3. The Hall–Kier alpha value is -4.55. The summed E-state index contributed by atoms with van der Waals surface area (Å²) >= 11 is 0. The molecule has 1 fully saturated rings. The van der Waals surface area contributed by atoms with Crippen LogP contribution in [0.4, 0.5) is 20.2 Å². The van der Waals surface area contributed by atoms with Crippen molar-refractivity contribution < 1.29 is 32.9 Å². The Morgan fingerprint density at radius 2 is 1.70 bits per heavy atom. The van der Waals surface area contributed by atoms with E-state index in [0.717, 1.165) is 25.7 Å². The Kier molecular flexibility index (Phi) is 9.59. The number of fused-ring (bicyclic) bond motifs is 1. The Morgan fingerprint density at radius 1 is 1.00 bits per heavy atom. The summed E-state index contributed by atoms with van der Waals surface area (Å²) in [5.74, 6) is -0.648. The van der Waals surface area contributed by atoms with Crippen molar-refractivity contribution in [1.29, 1.82) is 0 Å². The minimum absolute atomic E-state index is 0.113. The summed E-state index contributed by atoms with van der Waals surface area (Å²) < 4.78 is 46.1. The van der Waals surface area contributed by atoms with Gasteiger partial charge < -0.3 is 34.9 Å². The van der Waals surface area contributed by atoms with Crippen LogP contribution in [0.15, 0.2) is 60.9 Å². The normalized spacial score (nSPS) is 17.4. The van der Waals surface area contributed by atoms with Gasteiger partial charge in [0.1, 0.15) is 25.0 Å². The molecule has 3 N–H and O–H groups in total. The average molecular weight is 636 g/mol. The van der Waals surface area contributed by atoms with E-state index in [1.165, 1.54) is 49.8 Å². The number of hydrogen-bond acceptors (Lipinski definition) is 9. The zero-order chi connectivity index (χ0) is 33.1. The molecule has 2 atom stereocenters. The molecule has 4 aromatic rings. The van der Waals surface area contributed by atoms with Gasteiger partial charge in [-0.05, 0) is 67.4 Å². The van der Waals surface area contributed by atoms with E-state index in [2.05, 4.69) is 39.3 Å². The fourth-order valence-electron chi connectivity index (χ4n) is 5.69. The van der Waals surface area contributed by atoms with Gasteiger partial charge in [0, 0.05) is 30.1 Å².